The van der Waals surface area contributed by atoms with E-state index in [0.717, 1.165) is 11.3 Å². The summed E-state index contributed by atoms with van der Waals surface area (Å²) in [4.78, 5) is 26.2. The molecule has 0 heterocycles. The summed E-state index contributed by atoms with van der Waals surface area (Å²) >= 11 is 0. The van der Waals surface area contributed by atoms with E-state index >= 15 is 0 Å². The zero-order chi connectivity index (χ0) is 18.8. The van der Waals surface area contributed by atoms with Crippen LogP contribution in [0, 0.1) is 0 Å². The van der Waals surface area contributed by atoms with Gasteiger partial charge in [0.1, 0.15) is 5.75 Å². The molecule has 2 rings (SSSR count). The van der Waals surface area contributed by atoms with Crippen molar-refractivity contribution in [1.29, 1.82) is 0 Å². The van der Waals surface area contributed by atoms with E-state index in [0.29, 0.717) is 31.7 Å². The molecule has 0 atom stereocenters. The van der Waals surface area contributed by atoms with Crippen molar-refractivity contribution in [1.82, 2.24) is 4.90 Å². The van der Waals surface area contributed by atoms with Gasteiger partial charge in [0.05, 0.1) is 20.1 Å². The van der Waals surface area contributed by atoms with Crippen LogP contribution in [0.1, 0.15) is 29.3 Å². The van der Waals surface area contributed by atoms with Gasteiger partial charge >= 0.3 is 5.97 Å². The molecule has 1 amide bonds. The second-order valence-corrected chi connectivity index (χ2v) is 5.81. The number of esters is 1. The van der Waals surface area contributed by atoms with Crippen LogP contribution in [0.15, 0.2) is 54.6 Å². The number of nitrogens with zero attached hydrogens (tertiary/aromatic N) is 1. The highest BCUT2D eigenvalue weighted by molar-refractivity contribution is 5.94. The molecule has 0 saturated carbocycles. The fourth-order valence-corrected chi connectivity index (χ4v) is 2.59. The lowest BCUT2D eigenvalue weighted by Crippen LogP contribution is -2.35. The van der Waals surface area contributed by atoms with Crippen LogP contribution in [0.5, 0.6) is 5.75 Å². The van der Waals surface area contributed by atoms with E-state index in [1.807, 2.05) is 42.5 Å². The summed E-state index contributed by atoms with van der Waals surface area (Å²) < 4.78 is 10.1. The second-order valence-electron chi connectivity index (χ2n) is 5.81. The van der Waals surface area contributed by atoms with E-state index < -0.39 is 0 Å². The molecule has 2 aromatic rings. The second kappa shape index (κ2) is 10.2. The first-order chi connectivity index (χ1) is 12.6. The number of benzene rings is 2. The predicted molar refractivity (Wildman–Crippen MR) is 100 cm³/mol. The summed E-state index contributed by atoms with van der Waals surface area (Å²) in [6.45, 7) is 2.98. The summed E-state index contributed by atoms with van der Waals surface area (Å²) in [5.41, 5.74) is 1.72. The molecule has 0 aliphatic carbocycles. The molecular weight excluding hydrogens is 330 g/mol. The van der Waals surface area contributed by atoms with E-state index in [9.17, 15) is 9.59 Å². The van der Waals surface area contributed by atoms with Gasteiger partial charge in [-0.1, -0.05) is 30.3 Å². The maximum absolute atomic E-state index is 12.8. The van der Waals surface area contributed by atoms with Gasteiger partial charge in [-0.05, 0) is 43.2 Å². The molecule has 0 spiro atoms. The molecule has 0 bridgehead atoms. The number of methoxy groups -OCH3 is 1. The highest BCUT2D eigenvalue weighted by Crippen LogP contribution is 2.13. The minimum atomic E-state index is -0.289. The fraction of sp³-hybridized carbons (Fsp3) is 0.333. The van der Waals surface area contributed by atoms with Crippen molar-refractivity contribution in [3.63, 3.8) is 0 Å². The molecule has 0 unspecified atom stereocenters. The maximum atomic E-state index is 12.8. The average molecular weight is 355 g/mol. The lowest BCUT2D eigenvalue weighted by Gasteiger charge is -2.22. The summed E-state index contributed by atoms with van der Waals surface area (Å²) in [5, 5.41) is 0. The first kappa shape index (κ1) is 19.5. The Morgan fingerprint density at radius 1 is 0.962 bits per heavy atom. The normalized spacial score (nSPS) is 10.2. The Balaban J connectivity index is 2.03. The first-order valence-corrected chi connectivity index (χ1v) is 8.77. The van der Waals surface area contributed by atoms with Crippen molar-refractivity contribution in [3.05, 3.63) is 65.7 Å². The standard InChI is InChI=1S/C21H25NO4/c1-3-26-20(23)14-16-22(21(24)18-7-5-4-6-8-18)15-13-17-9-11-19(25-2)12-10-17/h4-12H,3,13-16H2,1-2H3. The SMILES string of the molecule is CCOC(=O)CCN(CCc1ccc(OC)cc1)C(=O)c1ccccc1. The lowest BCUT2D eigenvalue weighted by molar-refractivity contribution is -0.143. The first-order valence-electron chi connectivity index (χ1n) is 8.77. The van der Waals surface area contributed by atoms with Crippen LogP contribution >= 0.6 is 0 Å². The molecule has 26 heavy (non-hydrogen) atoms. The van der Waals surface area contributed by atoms with Crippen LogP contribution < -0.4 is 4.74 Å². The topological polar surface area (TPSA) is 55.8 Å². The Labute approximate surface area is 154 Å². The number of amides is 1. The number of carbonyl (C=O) groups is 2. The van der Waals surface area contributed by atoms with Gasteiger partial charge in [0.2, 0.25) is 0 Å². The highest BCUT2D eigenvalue weighted by Gasteiger charge is 2.17. The Morgan fingerprint density at radius 2 is 1.65 bits per heavy atom. The number of ether oxygens (including phenoxy) is 2. The predicted octanol–water partition coefficient (Wildman–Crippen LogP) is 3.33. The molecular formula is C21H25NO4. The Morgan fingerprint density at radius 3 is 2.27 bits per heavy atom. The molecule has 0 saturated heterocycles. The van der Waals surface area contributed by atoms with Crippen LogP contribution in [0.2, 0.25) is 0 Å². The zero-order valence-corrected chi connectivity index (χ0v) is 15.3. The van der Waals surface area contributed by atoms with Gasteiger partial charge in [0.15, 0.2) is 0 Å². The van der Waals surface area contributed by atoms with E-state index in [1.54, 1.807) is 31.1 Å². The highest BCUT2D eigenvalue weighted by atomic mass is 16.5. The van der Waals surface area contributed by atoms with Crippen LogP contribution in [0.3, 0.4) is 0 Å². The quantitative estimate of drug-likeness (QED) is 0.648. The van der Waals surface area contributed by atoms with Gasteiger partial charge in [-0.2, -0.15) is 0 Å². The van der Waals surface area contributed by atoms with Crippen LogP contribution in [-0.2, 0) is 16.0 Å². The Hall–Kier alpha value is -2.82. The van der Waals surface area contributed by atoms with Crippen LogP contribution in [-0.4, -0.2) is 43.6 Å². The molecule has 5 nitrogen and oxygen atoms in total. The number of hydrogen-bond acceptors (Lipinski definition) is 4. The van der Waals surface area contributed by atoms with Crippen LogP contribution in [0.25, 0.3) is 0 Å². The third-order valence-corrected chi connectivity index (χ3v) is 4.03. The molecule has 0 aromatic heterocycles. The summed E-state index contributed by atoms with van der Waals surface area (Å²) in [5.74, 6) is 0.430. The number of rotatable bonds is 9. The van der Waals surface area contributed by atoms with E-state index in [1.165, 1.54) is 0 Å². The van der Waals surface area contributed by atoms with E-state index in [-0.39, 0.29) is 18.3 Å². The van der Waals surface area contributed by atoms with Crippen molar-refractivity contribution in [2.24, 2.45) is 0 Å². The van der Waals surface area contributed by atoms with Gasteiger partial charge in [-0.25, -0.2) is 0 Å². The average Bonchev–Trinajstić information content (AvgIpc) is 2.69. The summed E-state index contributed by atoms with van der Waals surface area (Å²) in [7, 11) is 1.63. The summed E-state index contributed by atoms with van der Waals surface area (Å²) in [6, 6.07) is 16.9. The monoisotopic (exact) mass is 355 g/mol. The van der Waals surface area contributed by atoms with Gasteiger partial charge in [0, 0.05) is 18.7 Å². The molecule has 0 N–H and O–H groups in total. The Kier molecular flexibility index (Phi) is 7.68. The van der Waals surface area contributed by atoms with Crippen molar-refractivity contribution < 1.29 is 19.1 Å². The van der Waals surface area contributed by atoms with Crippen molar-refractivity contribution in [3.8, 4) is 5.75 Å². The van der Waals surface area contributed by atoms with Gasteiger partial charge in [0.25, 0.3) is 5.91 Å². The molecule has 138 valence electrons. The van der Waals surface area contributed by atoms with Crippen LogP contribution in [0.4, 0.5) is 0 Å². The lowest BCUT2D eigenvalue weighted by atomic mass is 10.1. The molecule has 0 aliphatic heterocycles. The van der Waals surface area contributed by atoms with Gasteiger partial charge in [-0.3, -0.25) is 9.59 Å². The minimum absolute atomic E-state index is 0.0802. The third kappa shape index (κ3) is 5.92. The molecule has 0 fully saturated rings. The molecule has 5 heteroatoms. The van der Waals surface area contributed by atoms with Gasteiger partial charge in [-0.15, -0.1) is 0 Å². The Bertz CT molecular complexity index is 698. The molecule has 0 aliphatic rings. The van der Waals surface area contributed by atoms with E-state index in [2.05, 4.69) is 0 Å². The zero-order valence-electron chi connectivity index (χ0n) is 15.3. The maximum Gasteiger partial charge on any atom is 0.307 e. The molecule has 0 radical (unpaired) electrons. The number of hydrogen-bond donors (Lipinski definition) is 0. The van der Waals surface area contributed by atoms with Gasteiger partial charge < -0.3 is 14.4 Å². The largest absolute Gasteiger partial charge is 0.497 e. The van der Waals surface area contributed by atoms with Crippen molar-refractivity contribution >= 4 is 11.9 Å². The third-order valence-electron chi connectivity index (χ3n) is 4.03. The van der Waals surface area contributed by atoms with Crippen molar-refractivity contribution in [2.75, 3.05) is 26.8 Å². The fourth-order valence-electron chi connectivity index (χ4n) is 2.59. The van der Waals surface area contributed by atoms with E-state index in [4.69, 9.17) is 9.47 Å². The molecule has 2 aromatic carbocycles. The van der Waals surface area contributed by atoms with Crippen molar-refractivity contribution in [2.45, 2.75) is 19.8 Å². The minimum Gasteiger partial charge on any atom is -0.497 e. The smallest absolute Gasteiger partial charge is 0.307 e. The summed E-state index contributed by atoms with van der Waals surface area (Å²) in [6.07, 6.45) is 0.889. The number of carbonyl (C=O) groups excluding carboxylic acids is 2.